The second-order valence-electron chi connectivity index (χ2n) is 5.45. The summed E-state index contributed by atoms with van der Waals surface area (Å²) >= 11 is 0. The van der Waals surface area contributed by atoms with Crippen molar-refractivity contribution in [1.29, 1.82) is 0 Å². The van der Waals surface area contributed by atoms with Gasteiger partial charge in [0.25, 0.3) is 0 Å². The van der Waals surface area contributed by atoms with Crippen LogP contribution in [0.5, 0.6) is 0 Å². The Hall–Kier alpha value is -0.610. The molecule has 2 aliphatic rings. The zero-order valence-electron chi connectivity index (χ0n) is 11.0. The average Bonchev–Trinajstić information content (AvgIpc) is 3.13. The van der Waals surface area contributed by atoms with Gasteiger partial charge in [-0.25, -0.2) is 0 Å². The second kappa shape index (κ2) is 6.36. The van der Waals surface area contributed by atoms with E-state index in [-0.39, 0.29) is 5.91 Å². The molecule has 4 nitrogen and oxygen atoms in total. The van der Waals surface area contributed by atoms with Crippen molar-refractivity contribution in [3.8, 4) is 0 Å². The maximum absolute atomic E-state index is 11.9. The van der Waals surface area contributed by atoms with Gasteiger partial charge in [-0.2, -0.15) is 0 Å². The molecule has 1 heterocycles. The SMILES string of the molecule is CN1CCN(C(=O)CNCCCC2CC2)CC1. The molecule has 1 saturated heterocycles. The maximum atomic E-state index is 11.9. The monoisotopic (exact) mass is 239 g/mol. The van der Waals surface area contributed by atoms with Crippen LogP contribution in [0.2, 0.25) is 0 Å². The predicted octanol–water partition coefficient (Wildman–Crippen LogP) is 0.540. The summed E-state index contributed by atoms with van der Waals surface area (Å²) in [7, 11) is 2.11. The van der Waals surface area contributed by atoms with Crippen molar-refractivity contribution >= 4 is 5.91 Å². The summed E-state index contributed by atoms with van der Waals surface area (Å²) in [5.74, 6) is 1.27. The molecule has 1 saturated carbocycles. The topological polar surface area (TPSA) is 35.6 Å². The van der Waals surface area contributed by atoms with Crippen LogP contribution in [0.25, 0.3) is 0 Å². The number of carbonyl (C=O) groups excluding carboxylic acids is 1. The summed E-state index contributed by atoms with van der Waals surface area (Å²) < 4.78 is 0. The summed E-state index contributed by atoms with van der Waals surface area (Å²) in [6, 6.07) is 0. The first-order valence-electron chi connectivity index (χ1n) is 6.93. The van der Waals surface area contributed by atoms with Gasteiger partial charge < -0.3 is 15.1 Å². The molecular formula is C13H25N3O. The zero-order valence-corrected chi connectivity index (χ0v) is 11.0. The Morgan fingerprint density at radius 3 is 2.59 bits per heavy atom. The van der Waals surface area contributed by atoms with Crippen molar-refractivity contribution < 1.29 is 4.79 Å². The van der Waals surface area contributed by atoms with Gasteiger partial charge in [-0.1, -0.05) is 12.8 Å². The van der Waals surface area contributed by atoms with Crippen LogP contribution in [0, 0.1) is 5.92 Å². The van der Waals surface area contributed by atoms with Crippen molar-refractivity contribution in [2.75, 3.05) is 46.3 Å². The molecule has 2 rings (SSSR count). The Morgan fingerprint density at radius 2 is 1.94 bits per heavy atom. The Morgan fingerprint density at radius 1 is 1.24 bits per heavy atom. The highest BCUT2D eigenvalue weighted by atomic mass is 16.2. The zero-order chi connectivity index (χ0) is 12.1. The highest BCUT2D eigenvalue weighted by molar-refractivity contribution is 5.78. The van der Waals surface area contributed by atoms with Crippen LogP contribution in [0.3, 0.4) is 0 Å². The third kappa shape index (κ3) is 4.64. The number of hydrogen-bond donors (Lipinski definition) is 1. The lowest BCUT2D eigenvalue weighted by Crippen LogP contribution is -2.49. The fraction of sp³-hybridized carbons (Fsp3) is 0.923. The molecule has 0 aromatic carbocycles. The van der Waals surface area contributed by atoms with Gasteiger partial charge in [0.15, 0.2) is 0 Å². The minimum Gasteiger partial charge on any atom is -0.339 e. The van der Waals surface area contributed by atoms with E-state index in [1.165, 1.54) is 25.7 Å². The van der Waals surface area contributed by atoms with Gasteiger partial charge in [-0.05, 0) is 32.4 Å². The van der Waals surface area contributed by atoms with Crippen molar-refractivity contribution in [1.82, 2.24) is 15.1 Å². The Kier molecular flexibility index (Phi) is 4.80. The smallest absolute Gasteiger partial charge is 0.236 e. The van der Waals surface area contributed by atoms with Crippen molar-refractivity contribution in [3.63, 3.8) is 0 Å². The van der Waals surface area contributed by atoms with E-state index in [1.54, 1.807) is 0 Å². The normalized spacial score (nSPS) is 21.8. The summed E-state index contributed by atoms with van der Waals surface area (Å²) in [5.41, 5.74) is 0. The van der Waals surface area contributed by atoms with E-state index in [2.05, 4.69) is 17.3 Å². The first-order chi connectivity index (χ1) is 8.25. The number of piperazine rings is 1. The molecule has 0 spiro atoms. The standard InChI is InChI=1S/C13H25N3O/c1-15-7-9-16(10-8-15)13(17)11-14-6-2-3-12-4-5-12/h12,14H,2-11H2,1H3. The first kappa shape index (κ1) is 12.8. The van der Waals surface area contributed by atoms with Gasteiger partial charge in [-0.15, -0.1) is 0 Å². The van der Waals surface area contributed by atoms with Crippen LogP contribution in [0.15, 0.2) is 0 Å². The van der Waals surface area contributed by atoms with Crippen molar-refractivity contribution in [2.45, 2.75) is 25.7 Å². The van der Waals surface area contributed by atoms with E-state index in [0.29, 0.717) is 6.54 Å². The number of carbonyl (C=O) groups is 1. The maximum Gasteiger partial charge on any atom is 0.236 e. The number of hydrogen-bond acceptors (Lipinski definition) is 3. The third-order valence-electron chi connectivity index (χ3n) is 3.80. The number of amides is 1. The lowest BCUT2D eigenvalue weighted by molar-refractivity contribution is -0.131. The van der Waals surface area contributed by atoms with E-state index in [0.717, 1.165) is 38.6 Å². The Labute approximate surface area is 104 Å². The van der Waals surface area contributed by atoms with Crippen LogP contribution in [0.1, 0.15) is 25.7 Å². The van der Waals surface area contributed by atoms with Gasteiger partial charge in [0.2, 0.25) is 5.91 Å². The molecule has 1 amide bonds. The molecule has 0 bridgehead atoms. The quantitative estimate of drug-likeness (QED) is 0.687. The third-order valence-corrected chi connectivity index (χ3v) is 3.80. The van der Waals surface area contributed by atoms with Gasteiger partial charge >= 0.3 is 0 Å². The lowest BCUT2D eigenvalue weighted by Gasteiger charge is -2.32. The Balaban J connectivity index is 1.50. The van der Waals surface area contributed by atoms with Crippen LogP contribution in [-0.4, -0.2) is 62.0 Å². The molecule has 2 fully saturated rings. The van der Waals surface area contributed by atoms with E-state index in [9.17, 15) is 4.79 Å². The average molecular weight is 239 g/mol. The summed E-state index contributed by atoms with van der Waals surface area (Å²) in [6.45, 7) is 5.31. The molecule has 0 unspecified atom stereocenters. The second-order valence-corrected chi connectivity index (χ2v) is 5.45. The fourth-order valence-corrected chi connectivity index (χ4v) is 2.29. The van der Waals surface area contributed by atoms with E-state index in [1.807, 2.05) is 4.90 Å². The molecule has 4 heteroatoms. The molecule has 0 atom stereocenters. The number of rotatable bonds is 6. The number of nitrogens with one attached hydrogen (secondary N) is 1. The van der Waals surface area contributed by atoms with Crippen molar-refractivity contribution in [2.24, 2.45) is 5.92 Å². The summed E-state index contributed by atoms with van der Waals surface area (Å²) in [6.07, 6.45) is 5.43. The van der Waals surface area contributed by atoms with Crippen LogP contribution in [0.4, 0.5) is 0 Å². The highest BCUT2D eigenvalue weighted by Gasteiger charge is 2.20. The fourth-order valence-electron chi connectivity index (χ4n) is 2.29. The molecule has 0 aromatic heterocycles. The molecule has 1 N–H and O–H groups in total. The van der Waals surface area contributed by atoms with E-state index >= 15 is 0 Å². The molecule has 1 aliphatic carbocycles. The molecule has 1 aliphatic heterocycles. The molecule has 0 aromatic rings. The minimum atomic E-state index is 0.268. The highest BCUT2D eigenvalue weighted by Crippen LogP contribution is 2.33. The van der Waals surface area contributed by atoms with Gasteiger partial charge in [-0.3, -0.25) is 4.79 Å². The first-order valence-corrected chi connectivity index (χ1v) is 6.93. The van der Waals surface area contributed by atoms with Crippen LogP contribution in [-0.2, 0) is 4.79 Å². The molecular weight excluding hydrogens is 214 g/mol. The van der Waals surface area contributed by atoms with E-state index in [4.69, 9.17) is 0 Å². The largest absolute Gasteiger partial charge is 0.339 e. The van der Waals surface area contributed by atoms with Gasteiger partial charge in [0.05, 0.1) is 6.54 Å². The molecule has 98 valence electrons. The van der Waals surface area contributed by atoms with E-state index < -0.39 is 0 Å². The summed E-state index contributed by atoms with van der Waals surface area (Å²) in [5, 5.41) is 3.27. The van der Waals surface area contributed by atoms with Gasteiger partial charge in [0, 0.05) is 26.2 Å². The number of nitrogens with zero attached hydrogens (tertiary/aromatic N) is 2. The number of likely N-dealkylation sites (N-methyl/N-ethyl adjacent to an activating group) is 1. The molecule has 0 radical (unpaired) electrons. The van der Waals surface area contributed by atoms with Crippen LogP contribution < -0.4 is 5.32 Å². The summed E-state index contributed by atoms with van der Waals surface area (Å²) in [4.78, 5) is 16.1. The van der Waals surface area contributed by atoms with Crippen molar-refractivity contribution in [3.05, 3.63) is 0 Å². The Bertz CT molecular complexity index is 245. The predicted molar refractivity (Wildman–Crippen MR) is 68.9 cm³/mol. The van der Waals surface area contributed by atoms with Gasteiger partial charge in [0.1, 0.15) is 0 Å². The molecule has 17 heavy (non-hydrogen) atoms. The lowest BCUT2D eigenvalue weighted by atomic mass is 10.2. The minimum absolute atomic E-state index is 0.268. The van der Waals surface area contributed by atoms with Crippen LogP contribution >= 0.6 is 0 Å².